The second-order valence-electron chi connectivity index (χ2n) is 10.3. The Balaban J connectivity index is 2.37. The lowest BCUT2D eigenvalue weighted by Crippen LogP contribution is -2.45. The number of aromatic nitrogens is 1. The predicted octanol–water partition coefficient (Wildman–Crippen LogP) is 4.93. The molecule has 7 nitrogen and oxygen atoms in total. The molecule has 0 radical (unpaired) electrons. The molecule has 0 saturated carbocycles. The van der Waals surface area contributed by atoms with Gasteiger partial charge in [0.1, 0.15) is 16.9 Å². The number of esters is 1. The van der Waals surface area contributed by atoms with Crippen molar-refractivity contribution in [3.05, 3.63) is 45.5 Å². The second kappa shape index (κ2) is 13.2. The number of hydrogen-bond donors (Lipinski definition) is 2. The molecule has 1 aromatic rings. The molecule has 0 aromatic carbocycles. The molecule has 0 aliphatic carbocycles. The SMILES string of the molecule is C=NCc1nc(/C=C(\C)[C@@H]2C/C=C(/C)C/C=C/[C@H](C)[C@H](O)[C@@H](C)C(=O)C(C)(C)[C@@H](O)CC(=O)O2)cs1. The number of thiazole rings is 1. The minimum absolute atomic E-state index is 0.236. The Labute approximate surface area is 218 Å². The highest BCUT2D eigenvalue weighted by atomic mass is 32.1. The lowest BCUT2D eigenvalue weighted by molar-refractivity contribution is -0.154. The van der Waals surface area contributed by atoms with Crippen LogP contribution in [0.5, 0.6) is 0 Å². The van der Waals surface area contributed by atoms with Crippen molar-refractivity contribution in [1.82, 2.24) is 4.98 Å². The Kier molecular flexibility index (Phi) is 10.9. The highest BCUT2D eigenvalue weighted by Crippen LogP contribution is 2.31. The van der Waals surface area contributed by atoms with Crippen LogP contribution in [0.4, 0.5) is 0 Å². The zero-order valence-corrected chi connectivity index (χ0v) is 23.0. The molecular formula is C28H40N2O5S. The van der Waals surface area contributed by atoms with Crippen LogP contribution in [0.15, 0.2) is 39.7 Å². The molecule has 0 spiro atoms. The molecule has 1 aliphatic rings. The maximum absolute atomic E-state index is 13.2. The van der Waals surface area contributed by atoms with E-state index >= 15 is 0 Å². The fraction of sp³-hybridized carbons (Fsp3) is 0.571. The third-order valence-corrected chi connectivity index (χ3v) is 7.68. The number of nitrogens with zero attached hydrogens (tertiary/aromatic N) is 2. The van der Waals surface area contributed by atoms with Gasteiger partial charge < -0.3 is 14.9 Å². The van der Waals surface area contributed by atoms with Gasteiger partial charge in [-0.2, -0.15) is 0 Å². The summed E-state index contributed by atoms with van der Waals surface area (Å²) in [6.45, 7) is 14.6. The fourth-order valence-corrected chi connectivity index (χ4v) is 4.87. The van der Waals surface area contributed by atoms with Crippen LogP contribution in [0.2, 0.25) is 0 Å². The molecule has 1 aromatic heterocycles. The average molecular weight is 517 g/mol. The largest absolute Gasteiger partial charge is 0.457 e. The molecule has 0 amide bonds. The van der Waals surface area contributed by atoms with Crippen molar-refractivity contribution >= 4 is 35.9 Å². The molecule has 2 N–H and O–H groups in total. The van der Waals surface area contributed by atoms with E-state index in [0.717, 1.165) is 21.8 Å². The van der Waals surface area contributed by atoms with Gasteiger partial charge in [-0.15, -0.1) is 11.3 Å². The zero-order chi connectivity index (χ0) is 27.0. The van der Waals surface area contributed by atoms with E-state index in [2.05, 4.69) is 16.7 Å². The molecule has 198 valence electrons. The van der Waals surface area contributed by atoms with E-state index in [1.165, 1.54) is 11.3 Å². The van der Waals surface area contributed by atoms with Crippen LogP contribution >= 0.6 is 11.3 Å². The summed E-state index contributed by atoms with van der Waals surface area (Å²) in [5.41, 5.74) is 1.44. The summed E-state index contributed by atoms with van der Waals surface area (Å²) in [6.07, 6.45) is 5.95. The summed E-state index contributed by atoms with van der Waals surface area (Å²) in [7, 11) is 0. The van der Waals surface area contributed by atoms with Crippen molar-refractivity contribution in [3.8, 4) is 0 Å². The first kappa shape index (κ1) is 29.8. The van der Waals surface area contributed by atoms with Gasteiger partial charge in [0, 0.05) is 23.6 Å². The number of ether oxygens (including phenoxy) is 1. The van der Waals surface area contributed by atoms with Crippen LogP contribution in [0.3, 0.4) is 0 Å². The van der Waals surface area contributed by atoms with E-state index in [9.17, 15) is 19.8 Å². The topological polar surface area (TPSA) is 109 Å². The van der Waals surface area contributed by atoms with E-state index in [1.54, 1.807) is 20.8 Å². The first-order chi connectivity index (χ1) is 16.9. The smallest absolute Gasteiger partial charge is 0.309 e. The van der Waals surface area contributed by atoms with E-state index < -0.39 is 35.6 Å². The second-order valence-corrected chi connectivity index (χ2v) is 11.2. The standard InChI is InChI=1S/C28H40N2O5S/c1-17-9-8-10-18(2)26(33)20(4)27(34)28(5,6)23(31)14-25(32)35-22(12-11-17)19(3)13-21-16-36-24(30-21)15-29-7/h8,10-11,13,16,18,20,22-23,26,31,33H,7,9,12,14-15H2,1-6H3/b10-8+,17-11-,19-13+/t18-,20+,22-,23-,26-/m0/s1. The molecule has 0 unspecified atom stereocenters. The number of aliphatic hydroxyl groups is 2. The van der Waals surface area contributed by atoms with Gasteiger partial charge in [-0.1, -0.05) is 51.5 Å². The van der Waals surface area contributed by atoms with Gasteiger partial charge in [0.2, 0.25) is 0 Å². The molecule has 36 heavy (non-hydrogen) atoms. The number of hydrogen-bond acceptors (Lipinski definition) is 8. The Morgan fingerprint density at radius 3 is 2.69 bits per heavy atom. The number of ketones is 1. The number of aliphatic imine (C=N–C) groups is 1. The molecular weight excluding hydrogens is 476 g/mol. The first-order valence-electron chi connectivity index (χ1n) is 12.3. The number of carbonyl (C=O) groups excluding carboxylic acids is 2. The van der Waals surface area contributed by atoms with Crippen LogP contribution in [-0.4, -0.2) is 52.0 Å². The van der Waals surface area contributed by atoms with Crippen molar-refractivity contribution in [1.29, 1.82) is 0 Å². The average Bonchev–Trinajstić information content (AvgIpc) is 3.26. The number of rotatable bonds is 4. The van der Waals surface area contributed by atoms with Gasteiger partial charge in [0.05, 0.1) is 36.3 Å². The summed E-state index contributed by atoms with van der Waals surface area (Å²) < 4.78 is 5.81. The first-order valence-corrected chi connectivity index (χ1v) is 13.2. The van der Waals surface area contributed by atoms with Crippen molar-refractivity contribution in [3.63, 3.8) is 0 Å². The molecule has 5 atom stereocenters. The van der Waals surface area contributed by atoms with Crippen LogP contribution in [0.1, 0.15) is 71.5 Å². The molecule has 2 rings (SSSR count). The summed E-state index contributed by atoms with van der Waals surface area (Å²) in [4.78, 5) is 34.4. The summed E-state index contributed by atoms with van der Waals surface area (Å²) >= 11 is 1.49. The Morgan fingerprint density at radius 2 is 2.03 bits per heavy atom. The quantitative estimate of drug-likeness (QED) is 0.333. The van der Waals surface area contributed by atoms with Gasteiger partial charge in [0.25, 0.3) is 0 Å². The van der Waals surface area contributed by atoms with E-state index in [0.29, 0.717) is 19.4 Å². The van der Waals surface area contributed by atoms with Crippen molar-refractivity contribution in [2.45, 2.75) is 85.7 Å². The van der Waals surface area contributed by atoms with Gasteiger partial charge in [-0.25, -0.2) is 4.98 Å². The molecule has 0 bridgehead atoms. The Bertz CT molecular complexity index is 1020. The summed E-state index contributed by atoms with van der Waals surface area (Å²) in [5.74, 6) is -1.82. The van der Waals surface area contributed by atoms with Crippen LogP contribution in [0, 0.1) is 17.3 Å². The molecule has 1 aliphatic heterocycles. The van der Waals surface area contributed by atoms with Crippen molar-refractivity contribution in [2.24, 2.45) is 22.2 Å². The van der Waals surface area contributed by atoms with Gasteiger partial charge in [-0.05, 0) is 38.6 Å². The lowest BCUT2D eigenvalue weighted by atomic mass is 9.73. The number of Topliss-reactive ketones (excluding diaryl/α,β-unsaturated/α-hetero) is 1. The predicted molar refractivity (Wildman–Crippen MR) is 145 cm³/mol. The molecule has 8 heteroatoms. The Hall–Kier alpha value is -2.42. The third kappa shape index (κ3) is 8.05. The number of allylic oxidation sites excluding steroid dienone is 2. The highest BCUT2D eigenvalue weighted by molar-refractivity contribution is 7.09. The van der Waals surface area contributed by atoms with Crippen molar-refractivity contribution in [2.75, 3.05) is 0 Å². The summed E-state index contributed by atoms with van der Waals surface area (Å²) in [5, 5.41) is 24.4. The number of cyclic esters (lactones) is 1. The van der Waals surface area contributed by atoms with Gasteiger partial charge >= 0.3 is 5.97 Å². The Morgan fingerprint density at radius 1 is 1.33 bits per heavy atom. The third-order valence-electron chi connectivity index (χ3n) is 6.83. The molecule has 0 fully saturated rings. The maximum Gasteiger partial charge on any atom is 0.309 e. The van der Waals surface area contributed by atoms with Crippen LogP contribution in [-0.2, 0) is 20.9 Å². The minimum atomic E-state index is -1.25. The van der Waals surface area contributed by atoms with Gasteiger partial charge in [0.15, 0.2) is 0 Å². The van der Waals surface area contributed by atoms with Crippen molar-refractivity contribution < 1.29 is 24.5 Å². The lowest BCUT2D eigenvalue weighted by Gasteiger charge is -2.34. The molecule has 2 heterocycles. The maximum atomic E-state index is 13.2. The highest BCUT2D eigenvalue weighted by Gasteiger charge is 2.42. The van der Waals surface area contributed by atoms with Crippen LogP contribution in [0.25, 0.3) is 6.08 Å². The zero-order valence-electron chi connectivity index (χ0n) is 22.2. The number of aliphatic hydroxyl groups excluding tert-OH is 2. The fourth-order valence-electron chi connectivity index (χ4n) is 4.17. The minimum Gasteiger partial charge on any atom is -0.457 e. The van der Waals surface area contributed by atoms with E-state index in [4.69, 9.17) is 4.74 Å². The van der Waals surface area contributed by atoms with E-state index in [1.807, 2.05) is 50.5 Å². The normalized spacial score (nSPS) is 31.3. The summed E-state index contributed by atoms with van der Waals surface area (Å²) in [6, 6.07) is 0. The van der Waals surface area contributed by atoms with E-state index in [-0.39, 0.29) is 18.1 Å². The van der Waals surface area contributed by atoms with Crippen LogP contribution < -0.4 is 0 Å². The number of carbonyl (C=O) groups is 2. The van der Waals surface area contributed by atoms with Gasteiger partial charge in [-0.3, -0.25) is 14.6 Å². The monoisotopic (exact) mass is 516 g/mol. The molecule has 0 saturated heterocycles.